The Morgan fingerprint density at radius 3 is 2.19 bits per heavy atom. The number of rotatable bonds is 11. The molecule has 178 valence electrons. The molecule has 0 aliphatic rings. The third-order valence-electron chi connectivity index (χ3n) is 6.42. The summed E-state index contributed by atoms with van der Waals surface area (Å²) in [5.41, 5.74) is 1.37. The number of carbonyl (C=O) groups excluding carboxylic acids is 1. The smallest absolute Gasteiger partial charge is 0.330 e. The lowest BCUT2D eigenvalue weighted by Crippen LogP contribution is -2.49. The minimum atomic E-state index is -2.12. The van der Waals surface area contributed by atoms with Crippen LogP contribution < -0.4 is 0 Å². The second-order valence-electron chi connectivity index (χ2n) is 10.2. The summed E-state index contributed by atoms with van der Waals surface area (Å²) in [6, 6.07) is 0. The molecule has 0 aliphatic carbocycles. The third-order valence-corrected chi connectivity index (χ3v) is 10.9. The van der Waals surface area contributed by atoms with E-state index in [-0.39, 0.29) is 41.5 Å². The van der Waals surface area contributed by atoms with E-state index in [1.165, 1.54) is 13.2 Å². The number of terminal acetylenes is 1. The molecule has 0 heterocycles. The van der Waals surface area contributed by atoms with E-state index in [9.17, 15) is 15.0 Å². The maximum absolute atomic E-state index is 11.6. The van der Waals surface area contributed by atoms with E-state index in [0.29, 0.717) is 12.0 Å². The highest BCUT2D eigenvalue weighted by atomic mass is 28.4. The van der Waals surface area contributed by atoms with Crippen LogP contribution in [0.4, 0.5) is 0 Å². The first kappa shape index (κ1) is 29.6. The van der Waals surface area contributed by atoms with Crippen molar-refractivity contribution in [2.24, 2.45) is 17.8 Å². The number of ether oxygens (including phenoxy) is 1. The molecule has 0 saturated carbocycles. The van der Waals surface area contributed by atoms with Gasteiger partial charge in [0.1, 0.15) is 0 Å². The summed E-state index contributed by atoms with van der Waals surface area (Å²) < 4.78 is 11.6. The van der Waals surface area contributed by atoms with Gasteiger partial charge in [0, 0.05) is 23.5 Å². The number of hydrogen-bond acceptors (Lipinski definition) is 5. The Morgan fingerprint density at radius 2 is 1.77 bits per heavy atom. The summed E-state index contributed by atoms with van der Waals surface area (Å²) in [7, 11) is -0.756. The molecule has 0 spiro atoms. The van der Waals surface area contributed by atoms with E-state index >= 15 is 0 Å². The number of methoxy groups -OCH3 is 1. The molecule has 31 heavy (non-hydrogen) atoms. The largest absolute Gasteiger partial charge is 0.466 e. The number of carbonyl (C=O) groups is 1. The monoisotopic (exact) mass is 452 g/mol. The van der Waals surface area contributed by atoms with E-state index in [1.54, 1.807) is 6.08 Å². The fourth-order valence-corrected chi connectivity index (χ4v) is 4.92. The predicted octanol–water partition coefficient (Wildman–Crippen LogP) is 4.71. The van der Waals surface area contributed by atoms with Gasteiger partial charge in [-0.25, -0.2) is 4.79 Å². The van der Waals surface area contributed by atoms with Crippen molar-refractivity contribution in [1.29, 1.82) is 0 Å². The zero-order valence-corrected chi connectivity index (χ0v) is 22.2. The normalized spacial score (nSPS) is 18.5. The molecule has 0 fully saturated rings. The minimum Gasteiger partial charge on any atom is -0.466 e. The van der Waals surface area contributed by atoms with Crippen LogP contribution in [0, 0.1) is 30.1 Å². The lowest BCUT2D eigenvalue weighted by molar-refractivity contribution is -0.134. The van der Waals surface area contributed by atoms with Crippen LogP contribution in [-0.2, 0) is 14.0 Å². The van der Waals surface area contributed by atoms with Crippen molar-refractivity contribution < 1.29 is 24.2 Å². The molecule has 0 amide bonds. The van der Waals surface area contributed by atoms with Crippen molar-refractivity contribution in [2.75, 3.05) is 13.7 Å². The highest BCUT2D eigenvalue weighted by Crippen LogP contribution is 2.40. The van der Waals surface area contributed by atoms with Gasteiger partial charge < -0.3 is 19.4 Å². The molecule has 0 unspecified atom stereocenters. The molecule has 0 bridgehead atoms. The highest BCUT2D eigenvalue weighted by molar-refractivity contribution is 6.74. The lowest BCUT2D eigenvalue weighted by Gasteiger charge is -2.44. The predicted molar refractivity (Wildman–Crippen MR) is 130 cm³/mol. The zero-order chi connectivity index (χ0) is 24.6. The highest BCUT2D eigenvalue weighted by Gasteiger charge is 2.43. The van der Waals surface area contributed by atoms with E-state index in [2.05, 4.69) is 46.7 Å². The summed E-state index contributed by atoms with van der Waals surface area (Å²) >= 11 is 0. The van der Waals surface area contributed by atoms with Crippen LogP contribution in [0.1, 0.15) is 54.9 Å². The Bertz CT molecular complexity index is 681. The minimum absolute atomic E-state index is 0.0194. The van der Waals surface area contributed by atoms with Gasteiger partial charge in [-0.05, 0) is 37.4 Å². The van der Waals surface area contributed by atoms with E-state index in [4.69, 9.17) is 15.6 Å². The van der Waals surface area contributed by atoms with Crippen LogP contribution >= 0.6 is 0 Å². The molecule has 6 heteroatoms. The van der Waals surface area contributed by atoms with Gasteiger partial charge in [-0.2, -0.15) is 0 Å². The summed E-state index contributed by atoms with van der Waals surface area (Å²) in [5, 5.41) is 20.5. The van der Waals surface area contributed by atoms with Crippen LogP contribution in [0.2, 0.25) is 18.1 Å². The number of aliphatic hydroxyl groups excluding tert-OH is 2. The summed E-state index contributed by atoms with van der Waals surface area (Å²) in [6.07, 6.45) is 8.43. The number of esters is 1. The third kappa shape index (κ3) is 9.32. The van der Waals surface area contributed by atoms with Gasteiger partial charge in [0.05, 0.1) is 25.9 Å². The number of hydrogen-bond donors (Lipinski definition) is 2. The lowest BCUT2D eigenvalue weighted by atomic mass is 9.81. The van der Waals surface area contributed by atoms with Gasteiger partial charge in [0.25, 0.3) is 0 Å². The molecule has 5 atom stereocenters. The molecule has 0 rings (SSSR count). The van der Waals surface area contributed by atoms with Crippen molar-refractivity contribution in [1.82, 2.24) is 0 Å². The van der Waals surface area contributed by atoms with Gasteiger partial charge in [0.2, 0.25) is 0 Å². The molecule has 0 saturated heterocycles. The van der Waals surface area contributed by atoms with E-state index in [0.717, 1.165) is 5.57 Å². The van der Waals surface area contributed by atoms with Gasteiger partial charge in [-0.1, -0.05) is 59.1 Å². The Kier molecular flexibility index (Phi) is 12.0. The fraction of sp³-hybridized carbons (Fsp3) is 0.720. The van der Waals surface area contributed by atoms with Gasteiger partial charge in [0.15, 0.2) is 8.32 Å². The molecule has 0 aliphatic heterocycles. The Labute approximate surface area is 191 Å². The van der Waals surface area contributed by atoms with Crippen LogP contribution in [-0.4, -0.2) is 50.4 Å². The molecule has 0 aromatic rings. The van der Waals surface area contributed by atoms with Crippen LogP contribution in [0.15, 0.2) is 23.3 Å². The van der Waals surface area contributed by atoms with Gasteiger partial charge in [-0.15, -0.1) is 6.42 Å². The van der Waals surface area contributed by atoms with E-state index < -0.39 is 14.4 Å². The second kappa shape index (κ2) is 12.6. The Hall–Kier alpha value is -1.39. The average Bonchev–Trinajstić information content (AvgIpc) is 2.67. The second-order valence-corrected chi connectivity index (χ2v) is 15.0. The van der Waals surface area contributed by atoms with Crippen LogP contribution in [0.25, 0.3) is 0 Å². The summed E-state index contributed by atoms with van der Waals surface area (Å²) in [4.78, 5) is 11.6. The van der Waals surface area contributed by atoms with Crippen LogP contribution in [0.3, 0.4) is 0 Å². The Balaban J connectivity index is 5.91. The molecule has 0 radical (unpaired) electrons. The SMILES string of the molecule is C#C/C(=C/[C@@H](C)[C@@H](O)[C@@H](C)[C@H](O[Si](C)(C)C(C)(C)C)[C@@H](C)C/C(C)=C/C(=O)OC)CO. The quantitative estimate of drug-likeness (QED) is 0.206. The first-order valence-corrected chi connectivity index (χ1v) is 13.9. The van der Waals surface area contributed by atoms with E-state index in [1.807, 2.05) is 20.8 Å². The van der Waals surface area contributed by atoms with Crippen molar-refractivity contribution in [2.45, 2.75) is 85.2 Å². The zero-order valence-electron chi connectivity index (χ0n) is 21.2. The number of aliphatic hydroxyl groups is 2. The first-order chi connectivity index (χ1) is 14.1. The van der Waals surface area contributed by atoms with Gasteiger partial charge in [-0.3, -0.25) is 0 Å². The molecular formula is C25H44O5Si. The average molecular weight is 453 g/mol. The molecule has 0 aromatic heterocycles. The molecular weight excluding hydrogens is 408 g/mol. The number of allylic oxidation sites excluding steroid dienone is 1. The topological polar surface area (TPSA) is 76.0 Å². The summed E-state index contributed by atoms with van der Waals surface area (Å²) in [6.45, 7) is 18.6. The van der Waals surface area contributed by atoms with Gasteiger partial charge >= 0.3 is 5.97 Å². The summed E-state index contributed by atoms with van der Waals surface area (Å²) in [5.74, 6) is 1.74. The van der Waals surface area contributed by atoms with Crippen LogP contribution in [0.5, 0.6) is 0 Å². The first-order valence-electron chi connectivity index (χ1n) is 11.0. The maximum Gasteiger partial charge on any atom is 0.330 e. The van der Waals surface area contributed by atoms with Crippen molar-refractivity contribution in [3.63, 3.8) is 0 Å². The maximum atomic E-state index is 11.6. The molecule has 0 aromatic carbocycles. The molecule has 5 nitrogen and oxygen atoms in total. The van der Waals surface area contributed by atoms with Crippen molar-refractivity contribution >= 4 is 14.3 Å². The Morgan fingerprint density at radius 1 is 1.23 bits per heavy atom. The standard InChI is InChI=1S/C25H44O5Si/c1-12-21(16-26)15-18(3)23(28)20(5)24(30-31(10,11)25(6,7)8)19(4)13-17(2)14-22(27)29-9/h1,14-15,18-20,23-24,26,28H,13,16H2,2-11H3/b17-14+,21-15-/t18-,19+,20-,23-,24-/m1/s1. The van der Waals surface area contributed by atoms with Crippen molar-refractivity contribution in [3.8, 4) is 12.3 Å². The van der Waals surface area contributed by atoms with Crippen molar-refractivity contribution in [3.05, 3.63) is 23.3 Å². The molecule has 2 N–H and O–H groups in total. The fourth-order valence-electron chi connectivity index (χ4n) is 3.44.